The molecule has 162 valence electrons. The maximum Gasteiger partial charge on any atom is 0.258 e. The smallest absolute Gasteiger partial charge is 0.258 e. The fourth-order valence-corrected chi connectivity index (χ4v) is 5.48. The van der Waals surface area contributed by atoms with Crippen molar-refractivity contribution in [2.24, 2.45) is 5.41 Å². The molecule has 2 unspecified atom stereocenters. The Morgan fingerprint density at radius 1 is 1.06 bits per heavy atom. The lowest BCUT2D eigenvalue weighted by Gasteiger charge is -2.33. The summed E-state index contributed by atoms with van der Waals surface area (Å²) in [6, 6.07) is 18.0. The minimum Gasteiger partial charge on any atom is -0.393 e. The molecule has 4 rings (SSSR count). The molecule has 1 amide bonds. The summed E-state index contributed by atoms with van der Waals surface area (Å²) in [5.41, 5.74) is 1.54. The number of carbonyl (C=O) groups excluding carboxylic acids is 1. The van der Waals surface area contributed by atoms with Crippen molar-refractivity contribution in [3.8, 4) is 0 Å². The number of anilines is 1. The number of aliphatic hydroxyl groups excluding tert-OH is 1. The van der Waals surface area contributed by atoms with Crippen molar-refractivity contribution >= 4 is 32.4 Å². The number of nitrogens with one attached hydrogen (secondary N) is 1. The monoisotopic (exact) mass is 438 g/mol. The molecule has 0 radical (unpaired) electrons. The Labute approximate surface area is 182 Å². The highest BCUT2D eigenvalue weighted by Gasteiger charge is 2.34. The second-order valence-electron chi connectivity index (χ2n) is 8.49. The number of carbonyl (C=O) groups is 1. The van der Waals surface area contributed by atoms with Gasteiger partial charge in [0.1, 0.15) is 0 Å². The van der Waals surface area contributed by atoms with Gasteiger partial charge >= 0.3 is 0 Å². The number of rotatable bonds is 7. The van der Waals surface area contributed by atoms with E-state index in [1.807, 2.05) is 37.3 Å². The number of aliphatic hydroxyl groups is 1. The lowest BCUT2D eigenvalue weighted by Crippen LogP contribution is -2.43. The quantitative estimate of drug-likeness (QED) is 0.592. The fourth-order valence-electron chi connectivity index (χ4n) is 4.10. The van der Waals surface area contributed by atoms with E-state index in [-0.39, 0.29) is 17.3 Å². The van der Waals surface area contributed by atoms with E-state index in [1.54, 1.807) is 38.2 Å². The largest absolute Gasteiger partial charge is 0.393 e. The van der Waals surface area contributed by atoms with E-state index < -0.39 is 21.5 Å². The molecule has 3 aromatic carbocycles. The van der Waals surface area contributed by atoms with Crippen LogP contribution in [-0.4, -0.2) is 39.1 Å². The van der Waals surface area contributed by atoms with E-state index in [0.717, 1.165) is 5.56 Å². The minimum absolute atomic E-state index is 0.0731. The second kappa shape index (κ2) is 7.75. The molecule has 1 aliphatic heterocycles. The zero-order chi connectivity index (χ0) is 22.4. The van der Waals surface area contributed by atoms with Crippen molar-refractivity contribution in [1.29, 1.82) is 0 Å². The third kappa shape index (κ3) is 3.73. The Kier molecular flexibility index (Phi) is 5.37. The molecule has 0 saturated heterocycles. The minimum atomic E-state index is -3.88. The van der Waals surface area contributed by atoms with Gasteiger partial charge in [-0.15, -0.1) is 0 Å². The molecule has 6 nitrogen and oxygen atoms in total. The normalized spacial score (nSPS) is 16.5. The zero-order valence-electron chi connectivity index (χ0n) is 17.8. The Balaban J connectivity index is 1.67. The van der Waals surface area contributed by atoms with Crippen LogP contribution in [0.15, 0.2) is 65.6 Å². The molecule has 0 fully saturated rings. The number of hydrogen-bond acceptors (Lipinski definition) is 4. The predicted octanol–water partition coefficient (Wildman–Crippen LogP) is 3.34. The maximum absolute atomic E-state index is 13.3. The zero-order valence-corrected chi connectivity index (χ0v) is 18.6. The highest BCUT2D eigenvalue weighted by molar-refractivity contribution is 7.89. The van der Waals surface area contributed by atoms with Crippen molar-refractivity contribution in [1.82, 2.24) is 4.72 Å². The second-order valence-corrected chi connectivity index (χ2v) is 10.2. The van der Waals surface area contributed by atoms with Crippen LogP contribution in [0.25, 0.3) is 10.8 Å². The summed E-state index contributed by atoms with van der Waals surface area (Å²) >= 11 is 0. The summed E-state index contributed by atoms with van der Waals surface area (Å²) < 4.78 is 29.3. The highest BCUT2D eigenvalue weighted by atomic mass is 32.2. The topological polar surface area (TPSA) is 86.7 Å². The van der Waals surface area contributed by atoms with Gasteiger partial charge in [-0.05, 0) is 37.1 Å². The van der Waals surface area contributed by atoms with Gasteiger partial charge in [0, 0.05) is 35.3 Å². The van der Waals surface area contributed by atoms with E-state index in [1.165, 1.54) is 11.0 Å². The van der Waals surface area contributed by atoms with Gasteiger partial charge in [-0.2, -0.15) is 0 Å². The third-order valence-electron chi connectivity index (χ3n) is 6.29. The SMILES string of the molecule is CC(O)C(C)(CNS(=O)(=O)c1ccc2c3c(cccc13)C(=O)N2C)Cc1ccccc1. The van der Waals surface area contributed by atoms with Gasteiger partial charge in [-0.3, -0.25) is 4.79 Å². The Hall–Kier alpha value is -2.74. The van der Waals surface area contributed by atoms with E-state index in [9.17, 15) is 18.3 Å². The van der Waals surface area contributed by atoms with Crippen LogP contribution in [0.4, 0.5) is 5.69 Å². The number of nitrogens with zero attached hydrogens (tertiary/aromatic N) is 1. The molecule has 0 aromatic heterocycles. The summed E-state index contributed by atoms with van der Waals surface area (Å²) in [4.78, 5) is 14.1. The molecule has 7 heteroatoms. The molecular weight excluding hydrogens is 412 g/mol. The molecule has 2 N–H and O–H groups in total. The number of benzene rings is 3. The molecule has 0 saturated carbocycles. The van der Waals surface area contributed by atoms with Crippen LogP contribution in [0, 0.1) is 5.41 Å². The molecule has 1 heterocycles. The fraction of sp³-hybridized carbons (Fsp3) is 0.292. The van der Waals surface area contributed by atoms with Gasteiger partial charge in [0.05, 0.1) is 16.7 Å². The Morgan fingerprint density at radius 3 is 2.45 bits per heavy atom. The van der Waals surface area contributed by atoms with E-state index >= 15 is 0 Å². The van der Waals surface area contributed by atoms with Gasteiger partial charge < -0.3 is 10.0 Å². The number of hydrogen-bond donors (Lipinski definition) is 2. The standard InChI is InChI=1S/C24H26N2O4S/c1-16(27)24(2,14-17-8-5-4-6-9-17)15-25-31(29,30)21-13-12-20-22-18(21)10-7-11-19(22)23(28)26(20)3/h4-13,16,25,27H,14-15H2,1-3H3. The highest BCUT2D eigenvalue weighted by Crippen LogP contribution is 2.39. The molecule has 3 aromatic rings. The number of sulfonamides is 1. The number of amides is 1. The van der Waals surface area contributed by atoms with Gasteiger partial charge in [0.15, 0.2) is 0 Å². The lowest BCUT2D eigenvalue weighted by atomic mass is 9.79. The molecule has 0 bridgehead atoms. The van der Waals surface area contributed by atoms with Crippen molar-refractivity contribution in [3.63, 3.8) is 0 Å². The van der Waals surface area contributed by atoms with Crippen molar-refractivity contribution in [2.75, 3.05) is 18.5 Å². The van der Waals surface area contributed by atoms with Gasteiger partial charge in [-0.25, -0.2) is 13.1 Å². The van der Waals surface area contributed by atoms with Crippen LogP contribution < -0.4 is 9.62 Å². The Morgan fingerprint density at radius 2 is 1.77 bits per heavy atom. The van der Waals surface area contributed by atoms with Crippen LogP contribution >= 0.6 is 0 Å². The first-order valence-corrected chi connectivity index (χ1v) is 11.7. The molecule has 2 atom stereocenters. The van der Waals surface area contributed by atoms with E-state index in [4.69, 9.17) is 0 Å². The average molecular weight is 439 g/mol. The predicted molar refractivity (Wildman–Crippen MR) is 122 cm³/mol. The average Bonchev–Trinajstić information content (AvgIpc) is 3.00. The molecular formula is C24H26N2O4S. The first kappa shape index (κ1) is 21.5. The van der Waals surface area contributed by atoms with Crippen LogP contribution in [0.5, 0.6) is 0 Å². The Bertz CT molecular complexity index is 1260. The molecule has 31 heavy (non-hydrogen) atoms. The summed E-state index contributed by atoms with van der Waals surface area (Å²) in [6.45, 7) is 3.62. The van der Waals surface area contributed by atoms with Crippen LogP contribution in [0.2, 0.25) is 0 Å². The van der Waals surface area contributed by atoms with Gasteiger partial charge in [-0.1, -0.05) is 49.4 Å². The van der Waals surface area contributed by atoms with E-state index in [0.29, 0.717) is 28.4 Å². The third-order valence-corrected chi connectivity index (χ3v) is 7.75. The summed E-state index contributed by atoms with van der Waals surface area (Å²) in [5.74, 6) is -0.146. The first-order chi connectivity index (χ1) is 14.6. The molecule has 1 aliphatic rings. The van der Waals surface area contributed by atoms with Crippen molar-refractivity contribution in [3.05, 3.63) is 71.8 Å². The van der Waals surface area contributed by atoms with Crippen LogP contribution in [-0.2, 0) is 16.4 Å². The first-order valence-electron chi connectivity index (χ1n) is 10.2. The van der Waals surface area contributed by atoms with Crippen molar-refractivity contribution < 1.29 is 18.3 Å². The van der Waals surface area contributed by atoms with E-state index in [2.05, 4.69) is 4.72 Å². The summed E-state index contributed by atoms with van der Waals surface area (Å²) in [6.07, 6.45) is -0.202. The van der Waals surface area contributed by atoms with Crippen LogP contribution in [0.3, 0.4) is 0 Å². The lowest BCUT2D eigenvalue weighted by molar-refractivity contribution is 0.0562. The summed E-state index contributed by atoms with van der Waals surface area (Å²) in [5, 5.41) is 11.6. The molecule has 0 spiro atoms. The molecule has 0 aliphatic carbocycles. The van der Waals surface area contributed by atoms with Gasteiger partial charge in [0.2, 0.25) is 10.0 Å². The van der Waals surface area contributed by atoms with Crippen LogP contribution in [0.1, 0.15) is 29.8 Å². The van der Waals surface area contributed by atoms with Crippen molar-refractivity contribution in [2.45, 2.75) is 31.3 Å². The van der Waals surface area contributed by atoms with Gasteiger partial charge in [0.25, 0.3) is 5.91 Å². The summed E-state index contributed by atoms with van der Waals surface area (Å²) in [7, 11) is -2.20. The maximum atomic E-state index is 13.3.